The molecule has 2 aliphatic rings. The summed E-state index contributed by atoms with van der Waals surface area (Å²) >= 11 is 1.01. The van der Waals surface area contributed by atoms with E-state index < -0.39 is 35.9 Å². The molecule has 2 atom stereocenters. The highest BCUT2D eigenvalue weighted by atomic mass is 32.1. The quantitative estimate of drug-likeness (QED) is 0.350. The van der Waals surface area contributed by atoms with Crippen LogP contribution in [0.25, 0.3) is 0 Å². The number of rotatable bonds is 7. The highest BCUT2D eigenvalue weighted by Crippen LogP contribution is 2.35. The van der Waals surface area contributed by atoms with Crippen molar-refractivity contribution >= 4 is 40.3 Å². The number of amides is 4. The fourth-order valence-corrected chi connectivity index (χ4v) is 4.70. The molecule has 0 radical (unpaired) electrons. The van der Waals surface area contributed by atoms with Crippen LogP contribution in [-0.2, 0) is 20.7 Å². The van der Waals surface area contributed by atoms with Crippen molar-refractivity contribution in [1.82, 2.24) is 20.2 Å². The van der Waals surface area contributed by atoms with Crippen molar-refractivity contribution in [2.45, 2.75) is 18.5 Å². The van der Waals surface area contributed by atoms with E-state index in [1.165, 1.54) is 12.5 Å². The van der Waals surface area contributed by atoms with Gasteiger partial charge in [-0.2, -0.15) is 0 Å². The molecule has 1 unspecified atom stereocenters. The van der Waals surface area contributed by atoms with Crippen LogP contribution in [0.2, 0.25) is 0 Å². The molecule has 4 amide bonds. The zero-order valence-electron chi connectivity index (χ0n) is 19.5. The number of fused-ring (bicyclic) bond motifs is 1. The molecule has 190 valence electrons. The molecule has 12 nitrogen and oxygen atoms in total. The second kappa shape index (κ2) is 10.2. The molecule has 0 aliphatic carbocycles. The molecule has 2 aromatic heterocycles. The van der Waals surface area contributed by atoms with E-state index in [1.54, 1.807) is 42.7 Å². The van der Waals surface area contributed by atoms with Crippen molar-refractivity contribution in [2.24, 2.45) is 0 Å². The Bertz CT molecular complexity index is 1360. The fourth-order valence-electron chi connectivity index (χ4n) is 4.02. The number of urea groups is 1. The lowest BCUT2D eigenvalue weighted by Crippen LogP contribution is -2.49. The number of nitrogens with one attached hydrogen (secondary N) is 2. The number of imide groups is 1. The lowest BCUT2D eigenvalue weighted by molar-refractivity contribution is -0.134. The van der Waals surface area contributed by atoms with Crippen molar-refractivity contribution in [2.75, 3.05) is 25.6 Å². The highest BCUT2D eigenvalue weighted by Gasteiger charge is 2.45. The summed E-state index contributed by atoms with van der Waals surface area (Å²) in [6.45, 7) is 0.792. The lowest BCUT2D eigenvalue weighted by atomic mass is 10.0. The van der Waals surface area contributed by atoms with Crippen LogP contribution in [0.4, 0.5) is 9.93 Å². The third kappa shape index (κ3) is 4.93. The van der Waals surface area contributed by atoms with Crippen LogP contribution < -0.4 is 20.1 Å². The van der Waals surface area contributed by atoms with Crippen LogP contribution in [-0.4, -0.2) is 65.0 Å². The number of hydrogen-bond acceptors (Lipinski definition) is 10. The highest BCUT2D eigenvalue weighted by molar-refractivity contribution is 7.14. The van der Waals surface area contributed by atoms with Crippen molar-refractivity contribution in [3.63, 3.8) is 0 Å². The van der Waals surface area contributed by atoms with Gasteiger partial charge in [0.1, 0.15) is 25.3 Å². The van der Waals surface area contributed by atoms with E-state index >= 15 is 0 Å². The van der Waals surface area contributed by atoms with Gasteiger partial charge in [-0.1, -0.05) is 12.1 Å². The van der Waals surface area contributed by atoms with Crippen LogP contribution in [0.15, 0.2) is 48.1 Å². The first kappa shape index (κ1) is 24.2. The Morgan fingerprint density at radius 3 is 2.81 bits per heavy atom. The van der Waals surface area contributed by atoms with Crippen LogP contribution in [0.1, 0.15) is 27.7 Å². The minimum atomic E-state index is -1.22. The number of hydrogen-bond donors (Lipinski definition) is 2. The molecule has 5 rings (SSSR count). The van der Waals surface area contributed by atoms with Gasteiger partial charge in [-0.05, 0) is 29.3 Å². The summed E-state index contributed by atoms with van der Waals surface area (Å²) in [6.07, 6.45) is 3.14. The Labute approximate surface area is 214 Å². The van der Waals surface area contributed by atoms with Crippen molar-refractivity contribution in [3.8, 4) is 11.5 Å². The second-order valence-corrected chi connectivity index (χ2v) is 8.95. The molecule has 2 aliphatic heterocycles. The summed E-state index contributed by atoms with van der Waals surface area (Å²) in [7, 11) is 1.22. The van der Waals surface area contributed by atoms with E-state index in [0.717, 1.165) is 16.2 Å². The maximum atomic E-state index is 13.5. The molecule has 1 saturated heterocycles. The summed E-state index contributed by atoms with van der Waals surface area (Å²) in [5, 5.41) is 6.82. The third-order valence-corrected chi connectivity index (χ3v) is 6.52. The van der Waals surface area contributed by atoms with Gasteiger partial charge in [0, 0.05) is 24.2 Å². The number of methoxy groups -OCH3 is 1. The average molecular weight is 524 g/mol. The smallest absolute Gasteiger partial charge is 0.357 e. The number of aromatic nitrogens is 2. The van der Waals surface area contributed by atoms with Gasteiger partial charge in [-0.3, -0.25) is 14.6 Å². The molecule has 0 bridgehead atoms. The monoisotopic (exact) mass is 523 g/mol. The van der Waals surface area contributed by atoms with Gasteiger partial charge in [0.05, 0.1) is 7.11 Å². The number of anilines is 1. The molecule has 1 aromatic carbocycles. The molecule has 1 fully saturated rings. The molecule has 37 heavy (non-hydrogen) atoms. The number of ether oxygens (including phenoxy) is 3. The molecule has 13 heteroatoms. The largest absolute Gasteiger partial charge is 0.486 e. The number of nitrogens with zero attached hydrogens (tertiary/aromatic N) is 3. The molecular weight excluding hydrogens is 502 g/mol. The lowest BCUT2D eigenvalue weighted by Gasteiger charge is -2.24. The van der Waals surface area contributed by atoms with Gasteiger partial charge in [-0.15, -0.1) is 11.3 Å². The van der Waals surface area contributed by atoms with E-state index in [-0.39, 0.29) is 17.2 Å². The second-order valence-electron chi connectivity index (χ2n) is 8.09. The van der Waals surface area contributed by atoms with Crippen molar-refractivity contribution < 1.29 is 33.4 Å². The Hall–Kier alpha value is -4.52. The number of carbonyl (C=O) groups excluding carboxylic acids is 4. The Kier molecular flexibility index (Phi) is 6.68. The number of benzene rings is 1. The van der Waals surface area contributed by atoms with Crippen LogP contribution in [0, 0.1) is 0 Å². The maximum absolute atomic E-state index is 13.5. The van der Waals surface area contributed by atoms with E-state index in [0.29, 0.717) is 35.8 Å². The van der Waals surface area contributed by atoms with Gasteiger partial charge in [0.25, 0.3) is 5.91 Å². The molecular formula is C24H21N5O7S. The van der Waals surface area contributed by atoms with Gasteiger partial charge in [0.2, 0.25) is 5.91 Å². The normalized spacial score (nSPS) is 17.2. The van der Waals surface area contributed by atoms with Gasteiger partial charge in [-0.25, -0.2) is 19.5 Å². The standard InChI is InChI=1S/C24H21N5O7S/c1-34-22(32)15-12-37-23(26-15)28-20(30)16(9-13-3-2-6-25-11-13)29-21(31)19(27-24(29)33)14-4-5-17-18(10-14)36-8-7-35-17/h2-6,10-12,16,19H,7-9H2,1H3,(H,27,33)(H,26,28,30)/t16-,19?/m0/s1. The molecule has 4 heterocycles. The number of carbonyl (C=O) groups is 4. The summed E-state index contributed by atoms with van der Waals surface area (Å²) in [5.74, 6) is -0.882. The first-order chi connectivity index (χ1) is 17.9. The molecule has 0 spiro atoms. The molecule has 2 N–H and O–H groups in total. The van der Waals surface area contributed by atoms with E-state index in [1.807, 2.05) is 0 Å². The zero-order valence-corrected chi connectivity index (χ0v) is 20.3. The third-order valence-electron chi connectivity index (χ3n) is 5.77. The molecule has 3 aromatic rings. The van der Waals surface area contributed by atoms with Gasteiger partial charge >= 0.3 is 12.0 Å². The van der Waals surface area contributed by atoms with Crippen molar-refractivity contribution in [3.05, 3.63) is 64.9 Å². The van der Waals surface area contributed by atoms with E-state index in [4.69, 9.17) is 9.47 Å². The first-order valence-corrected chi connectivity index (χ1v) is 12.1. The maximum Gasteiger partial charge on any atom is 0.357 e. The number of pyridine rings is 1. The summed E-state index contributed by atoms with van der Waals surface area (Å²) in [4.78, 5) is 60.7. The summed E-state index contributed by atoms with van der Waals surface area (Å²) in [6, 6.07) is 5.46. The average Bonchev–Trinajstić information content (AvgIpc) is 3.50. The molecule has 0 saturated carbocycles. The predicted octanol–water partition coefficient (Wildman–Crippen LogP) is 1.94. The predicted molar refractivity (Wildman–Crippen MR) is 129 cm³/mol. The Morgan fingerprint density at radius 1 is 1.24 bits per heavy atom. The van der Waals surface area contributed by atoms with Gasteiger partial charge in [0.15, 0.2) is 22.3 Å². The van der Waals surface area contributed by atoms with Crippen LogP contribution in [0.5, 0.6) is 11.5 Å². The van der Waals surface area contributed by atoms with Gasteiger partial charge < -0.3 is 24.8 Å². The zero-order chi connectivity index (χ0) is 25.9. The van der Waals surface area contributed by atoms with Crippen molar-refractivity contribution in [1.29, 1.82) is 0 Å². The minimum absolute atomic E-state index is 0.0158. The number of esters is 1. The fraction of sp³-hybridized carbons (Fsp3) is 0.250. The Balaban J connectivity index is 1.41. The topological polar surface area (TPSA) is 149 Å². The Morgan fingerprint density at radius 2 is 2.05 bits per heavy atom. The summed E-state index contributed by atoms with van der Waals surface area (Å²) in [5.41, 5.74) is 1.16. The first-order valence-electron chi connectivity index (χ1n) is 11.2. The SMILES string of the molecule is COC(=O)c1csc(NC(=O)[C@H](Cc2cccnc2)N2C(=O)NC(c3ccc4c(c3)OCCO4)C2=O)n1. The van der Waals surface area contributed by atoms with Crippen LogP contribution in [0.3, 0.4) is 0 Å². The summed E-state index contributed by atoms with van der Waals surface area (Å²) < 4.78 is 15.8. The van der Waals surface area contributed by atoms with Crippen LogP contribution >= 0.6 is 11.3 Å². The minimum Gasteiger partial charge on any atom is -0.486 e. The van der Waals surface area contributed by atoms with E-state index in [2.05, 4.69) is 25.3 Å². The number of thiazole rings is 1. The van der Waals surface area contributed by atoms with E-state index in [9.17, 15) is 19.2 Å².